The third-order valence-electron chi connectivity index (χ3n) is 3.68. The van der Waals surface area contributed by atoms with Crippen molar-refractivity contribution >= 4 is 22.1 Å². The topological polar surface area (TPSA) is 116 Å². The SMILES string of the molecule is C=C(C(=O)OC(OCC(F)(F)S(=O)(=O)O)(C(=O)Oc1ccc(C(F)(F)F)cc1)C(F)(F)F)C(F)(F)F. The molecule has 0 fully saturated rings. The van der Waals surface area contributed by atoms with Gasteiger partial charge in [-0.2, -0.15) is 56.7 Å². The predicted octanol–water partition coefficient (Wildman–Crippen LogP) is 4.03. The first kappa shape index (κ1) is 31.0. The van der Waals surface area contributed by atoms with Gasteiger partial charge in [-0.3, -0.25) is 4.55 Å². The molecule has 1 aromatic rings. The highest BCUT2D eigenvalue weighted by Gasteiger charge is 2.70. The molecule has 20 heteroatoms. The summed E-state index contributed by atoms with van der Waals surface area (Å²) in [4.78, 5) is 23.8. The lowest BCUT2D eigenvalue weighted by molar-refractivity contribution is -0.358. The summed E-state index contributed by atoms with van der Waals surface area (Å²) >= 11 is 0. The van der Waals surface area contributed by atoms with Crippen molar-refractivity contribution in [3.63, 3.8) is 0 Å². The van der Waals surface area contributed by atoms with E-state index >= 15 is 0 Å². The lowest BCUT2D eigenvalue weighted by Crippen LogP contribution is -2.60. The van der Waals surface area contributed by atoms with Crippen LogP contribution < -0.4 is 4.74 Å². The van der Waals surface area contributed by atoms with E-state index < -0.39 is 75.1 Å². The summed E-state index contributed by atoms with van der Waals surface area (Å²) in [6.45, 7) is -1.10. The summed E-state index contributed by atoms with van der Waals surface area (Å²) in [7, 11) is -6.56. The van der Waals surface area contributed by atoms with Crippen LogP contribution in [-0.2, 0) is 35.4 Å². The van der Waals surface area contributed by atoms with Gasteiger partial charge in [-0.25, -0.2) is 9.59 Å². The first-order valence-electron chi connectivity index (χ1n) is 8.29. The molecular weight excluding hydrogens is 561 g/mol. The molecule has 1 rings (SSSR count). The number of esters is 2. The van der Waals surface area contributed by atoms with Crippen molar-refractivity contribution in [3.05, 3.63) is 42.0 Å². The molecule has 1 unspecified atom stereocenters. The lowest BCUT2D eigenvalue weighted by Gasteiger charge is -2.33. The van der Waals surface area contributed by atoms with Gasteiger partial charge in [-0.15, -0.1) is 0 Å². The van der Waals surface area contributed by atoms with Gasteiger partial charge in [0.15, 0.2) is 0 Å². The minimum absolute atomic E-state index is 0.142. The molecule has 0 aliphatic carbocycles. The van der Waals surface area contributed by atoms with Crippen LogP contribution in [0.4, 0.5) is 48.3 Å². The fourth-order valence-electron chi connectivity index (χ4n) is 1.84. The van der Waals surface area contributed by atoms with Gasteiger partial charge in [-0.1, -0.05) is 6.58 Å². The Morgan fingerprint density at radius 3 is 1.72 bits per heavy atom. The highest BCUT2D eigenvalue weighted by Crippen LogP contribution is 2.40. The van der Waals surface area contributed by atoms with Crippen molar-refractivity contribution in [3.8, 4) is 5.75 Å². The van der Waals surface area contributed by atoms with Gasteiger partial charge in [0.1, 0.15) is 17.9 Å². The highest BCUT2D eigenvalue weighted by molar-refractivity contribution is 7.86. The zero-order valence-corrected chi connectivity index (χ0v) is 17.4. The van der Waals surface area contributed by atoms with Gasteiger partial charge in [0, 0.05) is 0 Å². The minimum Gasteiger partial charge on any atom is -0.421 e. The summed E-state index contributed by atoms with van der Waals surface area (Å²) in [6.07, 6.45) is -17.4. The molecule has 204 valence electrons. The van der Waals surface area contributed by atoms with Gasteiger partial charge in [0.2, 0.25) is 0 Å². The van der Waals surface area contributed by atoms with Crippen LogP contribution in [0.15, 0.2) is 36.4 Å². The second-order valence-electron chi connectivity index (χ2n) is 6.29. The number of ether oxygens (including phenoxy) is 3. The van der Waals surface area contributed by atoms with E-state index in [-0.39, 0.29) is 24.3 Å². The van der Waals surface area contributed by atoms with Gasteiger partial charge in [0.05, 0.1) is 5.56 Å². The van der Waals surface area contributed by atoms with Crippen molar-refractivity contribution in [1.29, 1.82) is 0 Å². The molecule has 1 atom stereocenters. The Balaban J connectivity index is 3.56. The number of carbonyl (C=O) groups excluding carboxylic acids is 2. The molecule has 1 aromatic carbocycles. The fourth-order valence-corrected chi connectivity index (χ4v) is 2.05. The maximum Gasteiger partial charge on any atom is 0.468 e. The first-order valence-corrected chi connectivity index (χ1v) is 9.73. The molecule has 1 N–H and O–H groups in total. The maximum atomic E-state index is 13.7. The zero-order valence-electron chi connectivity index (χ0n) is 16.6. The molecule has 0 aliphatic rings. The summed E-state index contributed by atoms with van der Waals surface area (Å²) in [5.74, 6) is -13.1. The largest absolute Gasteiger partial charge is 0.468 e. The molecule has 0 saturated carbocycles. The Labute approximate surface area is 192 Å². The molecule has 8 nitrogen and oxygen atoms in total. The smallest absolute Gasteiger partial charge is 0.421 e. The van der Waals surface area contributed by atoms with E-state index in [4.69, 9.17) is 4.55 Å². The average molecular weight is 570 g/mol. The second-order valence-corrected chi connectivity index (χ2v) is 7.84. The predicted molar refractivity (Wildman–Crippen MR) is 89.6 cm³/mol. The Kier molecular flexibility index (Phi) is 8.45. The lowest BCUT2D eigenvalue weighted by atomic mass is 10.2. The van der Waals surface area contributed by atoms with Crippen LogP contribution >= 0.6 is 0 Å². The van der Waals surface area contributed by atoms with Crippen molar-refractivity contribution < 1.29 is 85.1 Å². The van der Waals surface area contributed by atoms with E-state index in [1.54, 1.807) is 0 Å². The number of hydrogen-bond donors (Lipinski definition) is 1. The van der Waals surface area contributed by atoms with Crippen molar-refractivity contribution in [2.45, 2.75) is 29.6 Å². The van der Waals surface area contributed by atoms with E-state index in [0.717, 1.165) is 0 Å². The third-order valence-corrected chi connectivity index (χ3v) is 4.55. The van der Waals surface area contributed by atoms with Gasteiger partial charge in [-0.05, 0) is 24.3 Å². The van der Waals surface area contributed by atoms with E-state index in [1.165, 1.54) is 0 Å². The van der Waals surface area contributed by atoms with Crippen LogP contribution in [0.25, 0.3) is 0 Å². The molecule has 0 amide bonds. The molecule has 0 saturated heterocycles. The third kappa shape index (κ3) is 7.03. The van der Waals surface area contributed by atoms with E-state index in [0.29, 0.717) is 0 Å². The highest BCUT2D eigenvalue weighted by atomic mass is 32.2. The Bertz CT molecular complexity index is 1100. The van der Waals surface area contributed by atoms with Crippen LogP contribution in [0.2, 0.25) is 0 Å². The van der Waals surface area contributed by atoms with Gasteiger partial charge in [0.25, 0.3) is 0 Å². The van der Waals surface area contributed by atoms with Crippen LogP contribution in [-0.4, -0.2) is 54.9 Å². The Morgan fingerprint density at radius 1 is 0.889 bits per heavy atom. The van der Waals surface area contributed by atoms with E-state index in [9.17, 15) is 66.3 Å². The first-order chi connectivity index (χ1) is 15.8. The number of alkyl halides is 11. The monoisotopic (exact) mass is 570 g/mol. The minimum atomic E-state index is -6.60. The summed E-state index contributed by atoms with van der Waals surface area (Å²) in [5, 5.41) is -5.66. The normalized spacial score (nSPS) is 15.1. The summed E-state index contributed by atoms with van der Waals surface area (Å²) < 4.78 is 184. The quantitative estimate of drug-likeness (QED) is 0.125. The maximum absolute atomic E-state index is 13.7. The fraction of sp³-hybridized carbons (Fsp3) is 0.375. The van der Waals surface area contributed by atoms with E-state index in [1.807, 2.05) is 0 Å². The average Bonchev–Trinajstić information content (AvgIpc) is 2.67. The second kappa shape index (κ2) is 9.81. The van der Waals surface area contributed by atoms with Crippen LogP contribution in [0, 0.1) is 0 Å². The molecule has 0 bridgehead atoms. The standard InChI is InChI=1S/C16H9F11O8S/c1-7(14(19,20)21)10(28)35-13(16(25,26)27,33-6-12(17,18)36(30,31)32)11(29)34-9-4-2-8(3-5-9)15(22,23)24/h2-5H,1,6H2,(H,30,31,32). The number of halogens is 11. The summed E-state index contributed by atoms with van der Waals surface area (Å²) in [6, 6.07) is 0.682. The van der Waals surface area contributed by atoms with Crippen LogP contribution in [0.5, 0.6) is 5.75 Å². The van der Waals surface area contributed by atoms with Crippen molar-refractivity contribution in [1.82, 2.24) is 0 Å². The number of hydrogen-bond acceptors (Lipinski definition) is 7. The van der Waals surface area contributed by atoms with Crippen molar-refractivity contribution in [2.75, 3.05) is 6.61 Å². The molecule has 36 heavy (non-hydrogen) atoms. The summed E-state index contributed by atoms with van der Waals surface area (Å²) in [5.41, 5.74) is -4.16. The number of carbonyl (C=O) groups is 2. The zero-order chi connectivity index (χ0) is 28.5. The molecule has 0 radical (unpaired) electrons. The van der Waals surface area contributed by atoms with Gasteiger partial charge < -0.3 is 14.2 Å². The molecule has 0 heterocycles. The van der Waals surface area contributed by atoms with E-state index in [2.05, 4.69) is 20.8 Å². The van der Waals surface area contributed by atoms with Crippen LogP contribution in [0.3, 0.4) is 0 Å². The molecular formula is C16H9F11O8S. The van der Waals surface area contributed by atoms with Crippen molar-refractivity contribution in [2.24, 2.45) is 0 Å². The Morgan fingerprint density at radius 2 is 1.36 bits per heavy atom. The number of rotatable bonds is 8. The molecule has 0 aliphatic heterocycles. The molecule has 0 spiro atoms. The Hall–Kier alpha value is -3.00. The number of benzene rings is 1. The molecule has 0 aromatic heterocycles. The van der Waals surface area contributed by atoms with Crippen LogP contribution in [0.1, 0.15) is 5.56 Å². The van der Waals surface area contributed by atoms with Gasteiger partial charge >= 0.3 is 51.6 Å².